The van der Waals surface area contributed by atoms with Crippen molar-refractivity contribution in [3.05, 3.63) is 0 Å². The maximum absolute atomic E-state index is 11.5. The predicted molar refractivity (Wildman–Crippen MR) is 57.9 cm³/mol. The van der Waals surface area contributed by atoms with Crippen LogP contribution in [0, 0.1) is 0 Å². The zero-order valence-electron chi connectivity index (χ0n) is 9.04. The first-order chi connectivity index (χ1) is 7.44. The molecule has 0 saturated carbocycles. The van der Waals surface area contributed by atoms with Crippen molar-refractivity contribution >= 4 is 23.6 Å². The number of hydrogen-bond acceptors (Lipinski definition) is 5. The Morgan fingerprint density at radius 1 is 1.75 bits per heavy atom. The molecule has 1 amide bonds. The van der Waals surface area contributed by atoms with E-state index in [0.717, 1.165) is 0 Å². The van der Waals surface area contributed by atoms with Crippen molar-refractivity contribution in [3.8, 4) is 0 Å². The van der Waals surface area contributed by atoms with E-state index in [-0.39, 0.29) is 23.1 Å². The van der Waals surface area contributed by atoms with E-state index in [1.165, 1.54) is 23.8 Å². The number of fused-ring (bicyclic) bond motifs is 1. The fourth-order valence-electron chi connectivity index (χ4n) is 2.14. The summed E-state index contributed by atoms with van der Waals surface area (Å²) in [4.78, 5) is 24.2. The van der Waals surface area contributed by atoms with Crippen molar-refractivity contribution in [2.45, 2.75) is 29.2 Å². The SMILES string of the molecule is COC1(C(=O)O)CN2C(=O)C(N)[C@H]2SC1C. The first-order valence-corrected chi connectivity index (χ1v) is 5.88. The Morgan fingerprint density at radius 2 is 2.38 bits per heavy atom. The summed E-state index contributed by atoms with van der Waals surface area (Å²) in [5, 5.41) is 8.89. The Morgan fingerprint density at radius 3 is 2.88 bits per heavy atom. The summed E-state index contributed by atoms with van der Waals surface area (Å²) in [6.45, 7) is 1.86. The fraction of sp³-hybridized carbons (Fsp3) is 0.778. The van der Waals surface area contributed by atoms with E-state index < -0.39 is 17.6 Å². The second kappa shape index (κ2) is 3.61. The Bertz CT molecular complexity index is 350. The van der Waals surface area contributed by atoms with Crippen LogP contribution in [0.1, 0.15) is 6.92 Å². The quantitative estimate of drug-likeness (QED) is 0.613. The molecule has 0 aliphatic carbocycles. The lowest BCUT2D eigenvalue weighted by Gasteiger charge is -2.54. The monoisotopic (exact) mass is 246 g/mol. The molecule has 90 valence electrons. The average molecular weight is 246 g/mol. The van der Waals surface area contributed by atoms with Crippen molar-refractivity contribution in [2.75, 3.05) is 13.7 Å². The summed E-state index contributed by atoms with van der Waals surface area (Å²) in [7, 11) is 1.36. The van der Waals surface area contributed by atoms with E-state index in [0.29, 0.717) is 0 Å². The summed E-state index contributed by atoms with van der Waals surface area (Å²) in [6, 6.07) is -0.504. The van der Waals surface area contributed by atoms with E-state index in [1.807, 2.05) is 0 Å². The highest BCUT2D eigenvalue weighted by Gasteiger charge is 2.59. The topological polar surface area (TPSA) is 92.9 Å². The fourth-order valence-corrected chi connectivity index (χ4v) is 3.66. The molecule has 16 heavy (non-hydrogen) atoms. The van der Waals surface area contributed by atoms with Gasteiger partial charge >= 0.3 is 5.97 Å². The van der Waals surface area contributed by atoms with Crippen LogP contribution in [-0.4, -0.2) is 57.8 Å². The lowest BCUT2D eigenvalue weighted by atomic mass is 9.95. The molecule has 3 unspecified atom stereocenters. The molecule has 0 aromatic heterocycles. The molecule has 2 fully saturated rings. The number of β-lactam (4-membered cyclic amide) rings is 1. The number of amides is 1. The maximum atomic E-state index is 11.5. The molecule has 2 heterocycles. The number of ether oxygens (including phenoxy) is 1. The van der Waals surface area contributed by atoms with Crippen molar-refractivity contribution in [1.29, 1.82) is 0 Å². The summed E-state index contributed by atoms with van der Waals surface area (Å²) in [5.41, 5.74) is 4.32. The van der Waals surface area contributed by atoms with Gasteiger partial charge in [0, 0.05) is 12.4 Å². The lowest BCUT2D eigenvalue weighted by molar-refractivity contribution is -0.172. The summed E-state index contributed by atoms with van der Waals surface area (Å²) in [5.74, 6) is -1.24. The number of carboxylic acid groups (broad SMARTS) is 1. The Kier molecular flexibility index (Phi) is 2.64. The van der Waals surface area contributed by atoms with Crippen LogP contribution >= 0.6 is 11.8 Å². The highest BCUT2D eigenvalue weighted by Crippen LogP contribution is 2.43. The van der Waals surface area contributed by atoms with Crippen LogP contribution < -0.4 is 5.73 Å². The van der Waals surface area contributed by atoms with Crippen LogP contribution in [0.25, 0.3) is 0 Å². The highest BCUT2D eigenvalue weighted by atomic mass is 32.2. The minimum Gasteiger partial charge on any atom is -0.479 e. The third-order valence-electron chi connectivity index (χ3n) is 3.31. The molecule has 0 aromatic rings. The van der Waals surface area contributed by atoms with E-state index in [4.69, 9.17) is 10.5 Å². The second-order valence-electron chi connectivity index (χ2n) is 4.06. The molecular formula is C9H14N2O4S. The second-order valence-corrected chi connectivity index (χ2v) is 5.52. The van der Waals surface area contributed by atoms with Crippen LogP contribution in [0.4, 0.5) is 0 Å². The van der Waals surface area contributed by atoms with Gasteiger partial charge in [-0.1, -0.05) is 0 Å². The third kappa shape index (κ3) is 1.28. The molecule has 0 spiro atoms. The minimum absolute atomic E-state index is 0.0736. The summed E-state index contributed by atoms with van der Waals surface area (Å²) in [6.07, 6.45) is 0. The number of methoxy groups -OCH3 is 1. The molecule has 2 aliphatic heterocycles. The first kappa shape index (κ1) is 11.7. The first-order valence-electron chi connectivity index (χ1n) is 4.94. The molecule has 4 atom stereocenters. The molecule has 6 nitrogen and oxygen atoms in total. The zero-order chi connectivity index (χ0) is 12.1. The Balaban J connectivity index is 2.25. The molecule has 2 saturated heterocycles. The molecule has 2 rings (SSSR count). The highest BCUT2D eigenvalue weighted by molar-refractivity contribution is 8.00. The standard InChI is InChI=1S/C9H14N2O4S/c1-4-9(15-2,8(13)14)3-11-6(12)5(10)7(11)16-4/h4-5,7H,3,10H2,1-2H3,(H,13,14)/t4?,5?,7-,9?/m1/s1. The van der Waals surface area contributed by atoms with Crippen molar-refractivity contribution in [1.82, 2.24) is 4.90 Å². The van der Waals surface area contributed by atoms with Crippen LogP contribution in [0.2, 0.25) is 0 Å². The lowest BCUT2D eigenvalue weighted by Crippen LogP contribution is -2.75. The van der Waals surface area contributed by atoms with Crippen LogP contribution in [0.3, 0.4) is 0 Å². The maximum Gasteiger partial charge on any atom is 0.339 e. The zero-order valence-corrected chi connectivity index (χ0v) is 9.86. The molecular weight excluding hydrogens is 232 g/mol. The number of hydrogen-bond donors (Lipinski definition) is 2. The number of nitrogens with two attached hydrogens (primary N) is 1. The number of aliphatic carboxylic acids is 1. The van der Waals surface area contributed by atoms with Gasteiger partial charge in [0.1, 0.15) is 11.4 Å². The third-order valence-corrected chi connectivity index (χ3v) is 4.93. The van der Waals surface area contributed by atoms with Crippen molar-refractivity contribution in [3.63, 3.8) is 0 Å². The van der Waals surface area contributed by atoms with Crippen LogP contribution in [0.15, 0.2) is 0 Å². The van der Waals surface area contributed by atoms with Gasteiger partial charge in [-0.3, -0.25) is 4.79 Å². The van der Waals surface area contributed by atoms with Gasteiger partial charge in [-0.2, -0.15) is 0 Å². The predicted octanol–water partition coefficient (Wildman–Crippen LogP) is -0.913. The van der Waals surface area contributed by atoms with Crippen molar-refractivity contribution in [2.24, 2.45) is 5.73 Å². The Labute approximate surface area is 97.1 Å². The van der Waals surface area contributed by atoms with E-state index in [1.54, 1.807) is 6.92 Å². The molecule has 3 N–H and O–H groups in total. The average Bonchev–Trinajstić information content (AvgIpc) is 2.27. The van der Waals surface area contributed by atoms with E-state index in [9.17, 15) is 14.7 Å². The van der Waals surface area contributed by atoms with Gasteiger partial charge in [0.2, 0.25) is 5.91 Å². The van der Waals surface area contributed by atoms with Crippen LogP contribution in [-0.2, 0) is 14.3 Å². The largest absolute Gasteiger partial charge is 0.479 e. The van der Waals surface area contributed by atoms with Gasteiger partial charge in [0.15, 0.2) is 5.60 Å². The van der Waals surface area contributed by atoms with Gasteiger partial charge in [0.25, 0.3) is 0 Å². The normalized spacial score (nSPS) is 42.6. The Hall–Kier alpha value is -0.790. The van der Waals surface area contributed by atoms with Gasteiger partial charge in [0.05, 0.1) is 6.54 Å². The minimum atomic E-state index is -1.32. The number of nitrogens with zero attached hydrogens (tertiary/aromatic N) is 1. The van der Waals surface area contributed by atoms with Gasteiger partial charge in [-0.05, 0) is 6.92 Å². The molecule has 2 aliphatic rings. The van der Waals surface area contributed by atoms with Crippen LogP contribution in [0.5, 0.6) is 0 Å². The van der Waals surface area contributed by atoms with Gasteiger partial charge in [-0.15, -0.1) is 11.8 Å². The number of carbonyl (C=O) groups is 2. The number of rotatable bonds is 2. The number of thioether (sulfide) groups is 1. The smallest absolute Gasteiger partial charge is 0.339 e. The molecule has 0 aromatic carbocycles. The van der Waals surface area contributed by atoms with Gasteiger partial charge in [-0.25, -0.2) is 4.79 Å². The number of carboxylic acids is 1. The van der Waals surface area contributed by atoms with E-state index in [2.05, 4.69) is 0 Å². The summed E-state index contributed by atoms with van der Waals surface area (Å²) >= 11 is 1.38. The number of carbonyl (C=O) groups excluding carboxylic acids is 1. The molecule has 0 radical (unpaired) electrons. The summed E-state index contributed by atoms with van der Waals surface area (Å²) < 4.78 is 5.13. The molecule has 7 heteroatoms. The van der Waals surface area contributed by atoms with Crippen molar-refractivity contribution < 1.29 is 19.4 Å². The van der Waals surface area contributed by atoms with E-state index >= 15 is 0 Å². The molecule has 0 bridgehead atoms. The van der Waals surface area contributed by atoms with Gasteiger partial charge < -0.3 is 20.5 Å².